The van der Waals surface area contributed by atoms with Crippen LogP contribution in [0.4, 0.5) is 0 Å². The molecular formula is C24H25NO3. The highest BCUT2D eigenvalue weighted by Gasteiger charge is 2.64. The van der Waals surface area contributed by atoms with E-state index < -0.39 is 6.10 Å². The standard InChI is InChI=1S/C24H25NO3/c26-19-8-6-16-14-18-17-7-9-20(27)23-24(17,21(16)22(19)28-23)11-13-25(18)12-10-15-4-2-1-3-5-15/h1-9,17-18,20,23,26-27H,10-14H2/t17-,18?,20-,23-,24-/m0/s1. The molecule has 1 unspecified atom stereocenters. The number of aliphatic hydroxyl groups is 1. The number of rotatable bonds is 3. The van der Waals surface area contributed by atoms with Gasteiger partial charge in [0.2, 0.25) is 0 Å². The van der Waals surface area contributed by atoms with Crippen molar-refractivity contribution in [3.63, 3.8) is 0 Å². The third-order valence-electron chi connectivity index (χ3n) is 7.52. The molecule has 1 fully saturated rings. The Balaban J connectivity index is 1.40. The zero-order valence-corrected chi connectivity index (χ0v) is 15.8. The zero-order chi connectivity index (χ0) is 18.9. The van der Waals surface area contributed by atoms with E-state index >= 15 is 0 Å². The van der Waals surface area contributed by atoms with E-state index in [2.05, 4.69) is 47.4 Å². The van der Waals surface area contributed by atoms with E-state index in [9.17, 15) is 10.2 Å². The van der Waals surface area contributed by atoms with Crippen LogP contribution in [0.25, 0.3) is 0 Å². The molecule has 4 nitrogen and oxygen atoms in total. The molecule has 0 radical (unpaired) electrons. The number of ether oxygens (including phenoxy) is 1. The third-order valence-corrected chi connectivity index (χ3v) is 7.52. The Kier molecular flexibility index (Phi) is 3.48. The van der Waals surface area contributed by atoms with E-state index in [1.54, 1.807) is 6.07 Å². The zero-order valence-electron chi connectivity index (χ0n) is 15.8. The van der Waals surface area contributed by atoms with Crippen molar-refractivity contribution in [2.24, 2.45) is 5.92 Å². The van der Waals surface area contributed by atoms with Crippen LogP contribution in [0.5, 0.6) is 11.5 Å². The van der Waals surface area contributed by atoms with Gasteiger partial charge in [-0.3, -0.25) is 4.90 Å². The first-order chi connectivity index (χ1) is 13.7. The van der Waals surface area contributed by atoms with E-state index in [1.165, 1.54) is 16.7 Å². The molecule has 1 spiro atoms. The summed E-state index contributed by atoms with van der Waals surface area (Å²) in [5.41, 5.74) is 3.63. The second-order valence-electron chi connectivity index (χ2n) is 8.72. The van der Waals surface area contributed by atoms with Crippen LogP contribution in [0.2, 0.25) is 0 Å². The lowest BCUT2D eigenvalue weighted by Crippen LogP contribution is -2.65. The van der Waals surface area contributed by atoms with Crippen molar-refractivity contribution in [2.45, 2.75) is 42.9 Å². The number of nitrogens with zero attached hydrogens (tertiary/aromatic N) is 1. The lowest BCUT2D eigenvalue weighted by atomic mass is 9.53. The molecule has 28 heavy (non-hydrogen) atoms. The molecule has 144 valence electrons. The van der Waals surface area contributed by atoms with Gasteiger partial charge in [0.05, 0.1) is 0 Å². The number of aromatic hydroxyl groups is 1. The van der Waals surface area contributed by atoms with Crippen LogP contribution in [0.15, 0.2) is 54.6 Å². The van der Waals surface area contributed by atoms with Gasteiger partial charge in [0.15, 0.2) is 11.5 Å². The van der Waals surface area contributed by atoms with Crippen molar-refractivity contribution >= 4 is 0 Å². The molecule has 2 aliphatic carbocycles. The summed E-state index contributed by atoms with van der Waals surface area (Å²) < 4.78 is 6.22. The number of aliphatic hydroxyl groups excluding tert-OH is 1. The Hall–Kier alpha value is -2.30. The molecule has 5 atom stereocenters. The average Bonchev–Trinajstić information content (AvgIpc) is 3.07. The van der Waals surface area contributed by atoms with Crippen molar-refractivity contribution in [3.8, 4) is 11.5 Å². The van der Waals surface area contributed by atoms with E-state index in [4.69, 9.17) is 4.74 Å². The minimum atomic E-state index is -0.620. The third kappa shape index (κ3) is 2.08. The lowest BCUT2D eigenvalue weighted by molar-refractivity contribution is -0.0513. The molecule has 2 aromatic rings. The summed E-state index contributed by atoms with van der Waals surface area (Å²) in [7, 11) is 0. The number of benzene rings is 2. The van der Waals surface area contributed by atoms with Crippen molar-refractivity contribution in [2.75, 3.05) is 13.1 Å². The molecule has 0 saturated carbocycles. The Morgan fingerprint density at radius 1 is 1.11 bits per heavy atom. The molecule has 1 saturated heterocycles. The number of phenols is 1. The molecule has 2 aliphatic heterocycles. The van der Waals surface area contributed by atoms with Crippen molar-refractivity contribution in [3.05, 3.63) is 71.3 Å². The number of likely N-dealkylation sites (tertiary alicyclic amines) is 1. The Morgan fingerprint density at radius 3 is 2.82 bits per heavy atom. The quantitative estimate of drug-likeness (QED) is 0.810. The smallest absolute Gasteiger partial charge is 0.165 e. The van der Waals surface area contributed by atoms with Crippen LogP contribution in [-0.4, -0.2) is 46.5 Å². The first-order valence-electron chi connectivity index (χ1n) is 10.3. The fourth-order valence-corrected chi connectivity index (χ4v) is 6.33. The SMILES string of the molecule is Oc1ccc2c3c1O[C@H]1[C@@H](O)C=C[C@H]4C(C2)N(CCc2ccccc2)CC[C@@]341. The second-order valence-corrected chi connectivity index (χ2v) is 8.72. The van der Waals surface area contributed by atoms with Gasteiger partial charge in [-0.15, -0.1) is 0 Å². The summed E-state index contributed by atoms with van der Waals surface area (Å²) in [4.78, 5) is 2.63. The summed E-state index contributed by atoms with van der Waals surface area (Å²) >= 11 is 0. The average molecular weight is 375 g/mol. The molecular weight excluding hydrogens is 350 g/mol. The maximum Gasteiger partial charge on any atom is 0.165 e. The predicted molar refractivity (Wildman–Crippen MR) is 107 cm³/mol. The van der Waals surface area contributed by atoms with Gasteiger partial charge in [-0.2, -0.15) is 0 Å². The minimum Gasteiger partial charge on any atom is -0.504 e. The van der Waals surface area contributed by atoms with Crippen LogP contribution in [0.1, 0.15) is 23.1 Å². The minimum absolute atomic E-state index is 0.205. The Morgan fingerprint density at radius 2 is 1.96 bits per heavy atom. The summed E-state index contributed by atoms with van der Waals surface area (Å²) in [6.45, 7) is 2.05. The number of hydrogen-bond donors (Lipinski definition) is 2. The highest BCUT2D eigenvalue weighted by atomic mass is 16.5. The molecule has 2 aromatic carbocycles. The molecule has 2 heterocycles. The van der Waals surface area contributed by atoms with E-state index in [0.717, 1.165) is 32.4 Å². The molecule has 0 aromatic heterocycles. The molecule has 6 rings (SSSR count). The lowest BCUT2D eigenvalue weighted by Gasteiger charge is -2.57. The first kappa shape index (κ1) is 16.6. The molecule has 4 heteroatoms. The van der Waals surface area contributed by atoms with Crippen molar-refractivity contribution in [1.82, 2.24) is 4.90 Å². The summed E-state index contributed by atoms with van der Waals surface area (Å²) in [5, 5.41) is 21.1. The summed E-state index contributed by atoms with van der Waals surface area (Å²) in [6, 6.07) is 14.9. The molecule has 2 N–H and O–H groups in total. The monoisotopic (exact) mass is 375 g/mol. The number of piperidine rings is 1. The van der Waals surface area contributed by atoms with Gasteiger partial charge in [0, 0.05) is 29.5 Å². The van der Waals surface area contributed by atoms with Crippen molar-refractivity contribution < 1.29 is 14.9 Å². The fourth-order valence-electron chi connectivity index (χ4n) is 6.33. The van der Waals surface area contributed by atoms with Crippen LogP contribution >= 0.6 is 0 Å². The van der Waals surface area contributed by atoms with Gasteiger partial charge >= 0.3 is 0 Å². The molecule has 0 amide bonds. The normalized spacial score (nSPS) is 34.8. The van der Waals surface area contributed by atoms with Gasteiger partial charge < -0.3 is 14.9 Å². The Bertz CT molecular complexity index is 956. The topological polar surface area (TPSA) is 52.9 Å². The van der Waals surface area contributed by atoms with Crippen LogP contribution in [-0.2, 0) is 18.3 Å². The largest absolute Gasteiger partial charge is 0.504 e. The van der Waals surface area contributed by atoms with E-state index in [-0.39, 0.29) is 17.3 Å². The second kappa shape index (κ2) is 5.85. The van der Waals surface area contributed by atoms with Gasteiger partial charge in [0.25, 0.3) is 0 Å². The van der Waals surface area contributed by atoms with Gasteiger partial charge in [-0.25, -0.2) is 0 Å². The van der Waals surface area contributed by atoms with Crippen LogP contribution in [0.3, 0.4) is 0 Å². The van der Waals surface area contributed by atoms with Gasteiger partial charge in [-0.1, -0.05) is 48.6 Å². The Labute approximate surface area is 165 Å². The van der Waals surface area contributed by atoms with Crippen LogP contribution < -0.4 is 4.74 Å². The summed E-state index contributed by atoms with van der Waals surface area (Å²) in [6.07, 6.45) is 6.21. The molecule has 4 aliphatic rings. The van der Waals surface area contributed by atoms with Crippen molar-refractivity contribution in [1.29, 1.82) is 0 Å². The van der Waals surface area contributed by atoms with E-state index in [1.807, 2.05) is 6.08 Å². The highest BCUT2D eigenvalue weighted by molar-refractivity contribution is 5.61. The highest BCUT2D eigenvalue weighted by Crippen LogP contribution is 2.62. The maximum absolute atomic E-state index is 10.7. The predicted octanol–water partition coefficient (Wildman–Crippen LogP) is 2.81. The summed E-state index contributed by atoms with van der Waals surface area (Å²) in [5.74, 6) is 1.14. The van der Waals surface area contributed by atoms with Gasteiger partial charge in [-0.05, 0) is 43.0 Å². The number of phenolic OH excluding ortho intramolecular Hbond substituents is 1. The van der Waals surface area contributed by atoms with Crippen LogP contribution in [0, 0.1) is 5.92 Å². The van der Waals surface area contributed by atoms with E-state index in [0.29, 0.717) is 17.7 Å². The number of hydrogen-bond acceptors (Lipinski definition) is 4. The maximum atomic E-state index is 10.7. The first-order valence-corrected chi connectivity index (χ1v) is 10.3. The molecule has 2 bridgehead atoms. The van der Waals surface area contributed by atoms with Gasteiger partial charge in [0.1, 0.15) is 12.2 Å². The fraction of sp³-hybridized carbons (Fsp3) is 0.417.